The van der Waals surface area contributed by atoms with E-state index in [0.717, 1.165) is 11.3 Å². The van der Waals surface area contributed by atoms with Gasteiger partial charge in [0.05, 0.1) is 18.6 Å². The summed E-state index contributed by atoms with van der Waals surface area (Å²) in [5.74, 6) is 0.822. The molecule has 0 aliphatic rings. The first-order valence-electron chi connectivity index (χ1n) is 6.82. The number of hydrogen-bond acceptors (Lipinski definition) is 4. The van der Waals surface area contributed by atoms with Gasteiger partial charge >= 0.3 is 0 Å². The van der Waals surface area contributed by atoms with E-state index in [9.17, 15) is 4.79 Å². The molecule has 0 saturated carbocycles. The minimum absolute atomic E-state index is 0.0217. The van der Waals surface area contributed by atoms with Crippen molar-refractivity contribution in [1.29, 1.82) is 5.26 Å². The molecular formula is C16H22N2O2. The predicted molar refractivity (Wildman–Crippen MR) is 78.7 cm³/mol. The maximum Gasteiger partial charge on any atom is 0.159 e. The summed E-state index contributed by atoms with van der Waals surface area (Å²) in [5, 5.41) is 8.86. The van der Waals surface area contributed by atoms with Crippen LogP contribution in [-0.2, 0) is 6.54 Å². The normalized spacial score (nSPS) is 12.0. The monoisotopic (exact) mass is 274 g/mol. The standard InChI is InChI=1S/C16H22N2O2/c1-5-20-16-7-6-14(13(3)19)8-15(16)11-18(4)10-12(2)9-17/h6-8,12H,5,10-11H2,1-4H3. The average Bonchev–Trinajstić information content (AvgIpc) is 2.40. The van der Waals surface area contributed by atoms with E-state index in [1.165, 1.54) is 0 Å². The van der Waals surface area contributed by atoms with Crippen molar-refractivity contribution in [3.63, 3.8) is 0 Å². The smallest absolute Gasteiger partial charge is 0.159 e. The van der Waals surface area contributed by atoms with E-state index in [-0.39, 0.29) is 11.7 Å². The second kappa shape index (κ2) is 7.66. The molecular weight excluding hydrogens is 252 g/mol. The zero-order valence-corrected chi connectivity index (χ0v) is 12.6. The molecule has 0 N–H and O–H groups in total. The lowest BCUT2D eigenvalue weighted by atomic mass is 10.1. The Hall–Kier alpha value is -1.86. The van der Waals surface area contributed by atoms with E-state index in [4.69, 9.17) is 10.00 Å². The third-order valence-corrected chi connectivity index (χ3v) is 3.01. The van der Waals surface area contributed by atoms with E-state index in [1.54, 1.807) is 13.0 Å². The first-order valence-corrected chi connectivity index (χ1v) is 6.82. The van der Waals surface area contributed by atoms with Crippen LogP contribution in [0.3, 0.4) is 0 Å². The molecule has 0 aliphatic carbocycles. The van der Waals surface area contributed by atoms with Crippen LogP contribution in [0.2, 0.25) is 0 Å². The number of ether oxygens (including phenoxy) is 1. The van der Waals surface area contributed by atoms with E-state index in [2.05, 4.69) is 11.0 Å². The molecule has 108 valence electrons. The van der Waals surface area contributed by atoms with Gasteiger partial charge in [-0.1, -0.05) is 0 Å². The molecule has 0 aliphatic heterocycles. The number of Topliss-reactive ketones (excluding diaryl/α,β-unsaturated/α-hetero) is 1. The lowest BCUT2D eigenvalue weighted by Gasteiger charge is -2.20. The van der Waals surface area contributed by atoms with Gasteiger partial charge in [0.1, 0.15) is 5.75 Å². The third-order valence-electron chi connectivity index (χ3n) is 3.01. The highest BCUT2D eigenvalue weighted by molar-refractivity contribution is 5.94. The molecule has 0 aromatic heterocycles. The Balaban J connectivity index is 2.92. The molecule has 0 radical (unpaired) electrons. The van der Waals surface area contributed by atoms with E-state index < -0.39 is 0 Å². The Labute approximate surface area is 121 Å². The quantitative estimate of drug-likeness (QED) is 0.717. The molecule has 0 bridgehead atoms. The number of ketones is 1. The third kappa shape index (κ3) is 4.67. The number of carbonyl (C=O) groups excluding carboxylic acids is 1. The Kier molecular flexibility index (Phi) is 6.20. The van der Waals surface area contributed by atoms with Crippen molar-refractivity contribution in [2.24, 2.45) is 5.92 Å². The number of carbonyl (C=O) groups is 1. The zero-order valence-electron chi connectivity index (χ0n) is 12.6. The highest BCUT2D eigenvalue weighted by Gasteiger charge is 2.12. The van der Waals surface area contributed by atoms with Gasteiger partial charge in [-0.15, -0.1) is 0 Å². The van der Waals surface area contributed by atoms with Gasteiger partial charge in [0, 0.05) is 24.2 Å². The summed E-state index contributed by atoms with van der Waals surface area (Å²) in [6.45, 7) is 7.32. The first-order chi connectivity index (χ1) is 9.47. The second-order valence-electron chi connectivity index (χ2n) is 5.04. The topological polar surface area (TPSA) is 53.3 Å². The molecule has 0 spiro atoms. The van der Waals surface area contributed by atoms with Crippen molar-refractivity contribution in [1.82, 2.24) is 4.90 Å². The Morgan fingerprint density at radius 1 is 1.50 bits per heavy atom. The molecule has 1 unspecified atom stereocenters. The molecule has 1 aromatic rings. The fourth-order valence-electron chi connectivity index (χ4n) is 2.08. The van der Waals surface area contributed by atoms with Crippen molar-refractivity contribution >= 4 is 5.78 Å². The van der Waals surface area contributed by atoms with Gasteiger partial charge in [0.15, 0.2) is 5.78 Å². The summed E-state index contributed by atoms with van der Waals surface area (Å²) in [5.41, 5.74) is 1.66. The van der Waals surface area contributed by atoms with Crippen LogP contribution in [0.15, 0.2) is 18.2 Å². The highest BCUT2D eigenvalue weighted by atomic mass is 16.5. The van der Waals surface area contributed by atoms with Gasteiger partial charge in [0.25, 0.3) is 0 Å². The van der Waals surface area contributed by atoms with Gasteiger partial charge in [0.2, 0.25) is 0 Å². The average molecular weight is 274 g/mol. The van der Waals surface area contributed by atoms with Crippen molar-refractivity contribution < 1.29 is 9.53 Å². The van der Waals surface area contributed by atoms with Gasteiger partial charge in [-0.05, 0) is 46.0 Å². The van der Waals surface area contributed by atoms with Crippen LogP contribution >= 0.6 is 0 Å². The van der Waals surface area contributed by atoms with E-state index in [1.807, 2.05) is 33.0 Å². The fraction of sp³-hybridized carbons (Fsp3) is 0.500. The summed E-state index contributed by atoms with van der Waals surface area (Å²) >= 11 is 0. The number of rotatable bonds is 7. The van der Waals surface area contributed by atoms with E-state index >= 15 is 0 Å². The van der Waals surface area contributed by atoms with Gasteiger partial charge < -0.3 is 9.64 Å². The number of benzene rings is 1. The summed E-state index contributed by atoms with van der Waals surface area (Å²) in [6, 6.07) is 7.73. The number of nitriles is 1. The molecule has 1 atom stereocenters. The summed E-state index contributed by atoms with van der Waals surface area (Å²) in [7, 11) is 1.96. The van der Waals surface area contributed by atoms with Gasteiger partial charge in [-0.2, -0.15) is 5.26 Å². The summed E-state index contributed by atoms with van der Waals surface area (Å²) in [4.78, 5) is 13.5. The Morgan fingerprint density at radius 2 is 2.20 bits per heavy atom. The van der Waals surface area contributed by atoms with Gasteiger partial charge in [-0.3, -0.25) is 4.79 Å². The maximum absolute atomic E-state index is 11.5. The zero-order chi connectivity index (χ0) is 15.1. The number of nitrogens with zero attached hydrogens (tertiary/aromatic N) is 2. The van der Waals surface area contributed by atoms with Crippen LogP contribution in [0.25, 0.3) is 0 Å². The predicted octanol–water partition coefficient (Wildman–Crippen LogP) is 2.88. The minimum atomic E-state index is -0.0217. The van der Waals surface area contributed by atoms with Crippen LogP contribution in [0.4, 0.5) is 0 Å². The first kappa shape index (κ1) is 16.2. The van der Waals surface area contributed by atoms with E-state index in [0.29, 0.717) is 25.3 Å². The molecule has 20 heavy (non-hydrogen) atoms. The fourth-order valence-corrected chi connectivity index (χ4v) is 2.08. The van der Waals surface area contributed by atoms with Crippen LogP contribution in [-0.4, -0.2) is 30.9 Å². The van der Waals surface area contributed by atoms with Gasteiger partial charge in [-0.25, -0.2) is 0 Å². The van der Waals surface area contributed by atoms with Crippen LogP contribution in [0.1, 0.15) is 36.7 Å². The molecule has 1 aromatic carbocycles. The van der Waals surface area contributed by atoms with Crippen molar-refractivity contribution in [3.8, 4) is 11.8 Å². The van der Waals surface area contributed by atoms with Crippen molar-refractivity contribution in [2.75, 3.05) is 20.2 Å². The number of hydrogen-bond donors (Lipinski definition) is 0. The maximum atomic E-state index is 11.5. The van der Waals surface area contributed by atoms with Crippen LogP contribution < -0.4 is 4.74 Å². The summed E-state index contributed by atoms with van der Waals surface area (Å²) < 4.78 is 5.60. The van der Waals surface area contributed by atoms with Crippen molar-refractivity contribution in [2.45, 2.75) is 27.3 Å². The van der Waals surface area contributed by atoms with Crippen molar-refractivity contribution in [3.05, 3.63) is 29.3 Å². The molecule has 1 rings (SSSR count). The van der Waals surface area contributed by atoms with Crippen LogP contribution in [0, 0.1) is 17.2 Å². The molecule has 4 heteroatoms. The minimum Gasteiger partial charge on any atom is -0.494 e. The molecule has 0 heterocycles. The largest absolute Gasteiger partial charge is 0.494 e. The molecule has 4 nitrogen and oxygen atoms in total. The lowest BCUT2D eigenvalue weighted by Crippen LogP contribution is -2.23. The SMILES string of the molecule is CCOc1ccc(C(C)=O)cc1CN(C)CC(C)C#N. The summed E-state index contributed by atoms with van der Waals surface area (Å²) in [6.07, 6.45) is 0. The Bertz CT molecular complexity index is 506. The Morgan fingerprint density at radius 3 is 2.75 bits per heavy atom. The second-order valence-corrected chi connectivity index (χ2v) is 5.04. The molecule has 0 amide bonds. The highest BCUT2D eigenvalue weighted by Crippen LogP contribution is 2.22. The van der Waals surface area contributed by atoms with Crippen LogP contribution in [0.5, 0.6) is 5.75 Å². The molecule has 0 saturated heterocycles. The molecule has 0 fully saturated rings. The lowest BCUT2D eigenvalue weighted by molar-refractivity contribution is 0.101.